The monoisotopic (exact) mass is 251 g/mol. The standard InChI is InChI=1S/C15H25NO2/c1-16-10-5-3-4-6-11-18-15-9-7-8-14(12-15)13-17-2/h7-9,12,16H,3-6,10-11,13H2,1-2H3. The highest BCUT2D eigenvalue weighted by Gasteiger charge is 1.97. The van der Waals surface area contributed by atoms with Crippen molar-refractivity contribution in [2.75, 3.05) is 27.3 Å². The lowest BCUT2D eigenvalue weighted by Gasteiger charge is -2.07. The number of ether oxygens (including phenoxy) is 2. The van der Waals surface area contributed by atoms with Gasteiger partial charge in [-0.25, -0.2) is 0 Å². The number of hydrogen-bond acceptors (Lipinski definition) is 3. The van der Waals surface area contributed by atoms with Gasteiger partial charge in [0.05, 0.1) is 13.2 Å². The third kappa shape index (κ3) is 6.62. The molecule has 0 amide bonds. The molecule has 0 aliphatic carbocycles. The summed E-state index contributed by atoms with van der Waals surface area (Å²) in [4.78, 5) is 0. The number of nitrogens with one attached hydrogen (secondary N) is 1. The van der Waals surface area contributed by atoms with Crippen LogP contribution in [0.25, 0.3) is 0 Å². The van der Waals surface area contributed by atoms with Crippen LogP contribution >= 0.6 is 0 Å². The molecule has 0 bridgehead atoms. The number of unbranched alkanes of at least 4 members (excludes halogenated alkanes) is 3. The Morgan fingerprint density at radius 2 is 1.94 bits per heavy atom. The van der Waals surface area contributed by atoms with E-state index < -0.39 is 0 Å². The molecule has 0 aliphatic heterocycles. The van der Waals surface area contributed by atoms with Gasteiger partial charge in [-0.05, 0) is 44.1 Å². The summed E-state index contributed by atoms with van der Waals surface area (Å²) in [7, 11) is 3.70. The highest BCUT2D eigenvalue weighted by Crippen LogP contribution is 2.14. The molecule has 0 fully saturated rings. The van der Waals surface area contributed by atoms with Crippen molar-refractivity contribution < 1.29 is 9.47 Å². The highest BCUT2D eigenvalue weighted by molar-refractivity contribution is 5.28. The third-order valence-electron chi connectivity index (χ3n) is 2.80. The van der Waals surface area contributed by atoms with Crippen LogP contribution in [-0.2, 0) is 11.3 Å². The van der Waals surface area contributed by atoms with E-state index in [1.807, 2.05) is 31.3 Å². The summed E-state index contributed by atoms with van der Waals surface area (Å²) in [5, 5.41) is 3.16. The van der Waals surface area contributed by atoms with Gasteiger partial charge in [-0.2, -0.15) is 0 Å². The summed E-state index contributed by atoms with van der Waals surface area (Å²) < 4.78 is 10.8. The third-order valence-corrected chi connectivity index (χ3v) is 2.80. The molecule has 0 saturated heterocycles. The second kappa shape index (κ2) is 9.92. The van der Waals surface area contributed by atoms with Crippen LogP contribution in [0, 0.1) is 0 Å². The van der Waals surface area contributed by atoms with Crippen molar-refractivity contribution in [1.82, 2.24) is 5.32 Å². The van der Waals surface area contributed by atoms with Crippen LogP contribution in [0.15, 0.2) is 24.3 Å². The SMILES string of the molecule is CNCCCCCCOc1cccc(COC)c1. The number of hydrogen-bond donors (Lipinski definition) is 1. The average molecular weight is 251 g/mol. The molecule has 0 spiro atoms. The van der Waals surface area contributed by atoms with Gasteiger partial charge in [0, 0.05) is 7.11 Å². The Hall–Kier alpha value is -1.06. The molecule has 0 atom stereocenters. The zero-order valence-corrected chi connectivity index (χ0v) is 11.6. The van der Waals surface area contributed by atoms with E-state index in [4.69, 9.17) is 9.47 Å². The van der Waals surface area contributed by atoms with E-state index in [2.05, 4.69) is 5.32 Å². The maximum Gasteiger partial charge on any atom is 0.119 e. The van der Waals surface area contributed by atoms with E-state index in [1.54, 1.807) is 7.11 Å². The van der Waals surface area contributed by atoms with Crippen molar-refractivity contribution in [3.63, 3.8) is 0 Å². The second-order valence-corrected chi connectivity index (χ2v) is 4.45. The van der Waals surface area contributed by atoms with E-state index in [0.717, 1.165) is 30.9 Å². The Morgan fingerprint density at radius 1 is 1.11 bits per heavy atom. The van der Waals surface area contributed by atoms with Gasteiger partial charge in [0.15, 0.2) is 0 Å². The van der Waals surface area contributed by atoms with Gasteiger partial charge < -0.3 is 14.8 Å². The lowest BCUT2D eigenvalue weighted by atomic mass is 10.2. The van der Waals surface area contributed by atoms with Gasteiger partial charge in [0.25, 0.3) is 0 Å². The van der Waals surface area contributed by atoms with E-state index in [0.29, 0.717) is 6.61 Å². The first kappa shape index (κ1) is 15.0. The topological polar surface area (TPSA) is 30.5 Å². The predicted octanol–water partition coefficient (Wildman–Crippen LogP) is 2.99. The number of methoxy groups -OCH3 is 1. The molecule has 0 aliphatic rings. The number of rotatable bonds is 10. The summed E-state index contributed by atoms with van der Waals surface area (Å²) in [5.74, 6) is 0.944. The van der Waals surface area contributed by atoms with Crippen LogP contribution in [0.4, 0.5) is 0 Å². The van der Waals surface area contributed by atoms with Crippen molar-refractivity contribution in [3.05, 3.63) is 29.8 Å². The maximum absolute atomic E-state index is 5.73. The minimum absolute atomic E-state index is 0.640. The van der Waals surface area contributed by atoms with Crippen LogP contribution < -0.4 is 10.1 Å². The summed E-state index contributed by atoms with van der Waals surface area (Å²) >= 11 is 0. The van der Waals surface area contributed by atoms with Crippen LogP contribution in [0.3, 0.4) is 0 Å². The lowest BCUT2D eigenvalue weighted by Crippen LogP contribution is -2.07. The van der Waals surface area contributed by atoms with E-state index in [-0.39, 0.29) is 0 Å². The van der Waals surface area contributed by atoms with E-state index in [1.165, 1.54) is 19.3 Å². The second-order valence-electron chi connectivity index (χ2n) is 4.45. The first-order valence-corrected chi connectivity index (χ1v) is 6.72. The van der Waals surface area contributed by atoms with Gasteiger partial charge in [0.1, 0.15) is 5.75 Å². The molecule has 1 N–H and O–H groups in total. The van der Waals surface area contributed by atoms with Gasteiger partial charge >= 0.3 is 0 Å². The zero-order valence-electron chi connectivity index (χ0n) is 11.6. The molecule has 3 nitrogen and oxygen atoms in total. The fourth-order valence-corrected chi connectivity index (χ4v) is 1.84. The molecule has 0 aromatic heterocycles. The summed E-state index contributed by atoms with van der Waals surface area (Å²) in [6, 6.07) is 8.11. The normalized spacial score (nSPS) is 10.6. The first-order valence-electron chi connectivity index (χ1n) is 6.72. The molecule has 0 unspecified atom stereocenters. The van der Waals surface area contributed by atoms with Crippen LogP contribution in [0.5, 0.6) is 5.75 Å². The molecule has 1 aromatic rings. The largest absolute Gasteiger partial charge is 0.494 e. The summed E-state index contributed by atoms with van der Waals surface area (Å²) in [6.07, 6.45) is 4.88. The fourth-order valence-electron chi connectivity index (χ4n) is 1.84. The van der Waals surface area contributed by atoms with Crippen LogP contribution in [0.1, 0.15) is 31.2 Å². The average Bonchev–Trinajstić information content (AvgIpc) is 2.39. The van der Waals surface area contributed by atoms with Gasteiger partial charge in [-0.15, -0.1) is 0 Å². The van der Waals surface area contributed by atoms with E-state index >= 15 is 0 Å². The molecule has 102 valence electrons. The number of benzene rings is 1. The van der Waals surface area contributed by atoms with Gasteiger partial charge in [0.2, 0.25) is 0 Å². The predicted molar refractivity (Wildman–Crippen MR) is 75.0 cm³/mol. The summed E-state index contributed by atoms with van der Waals surface area (Å²) in [5.41, 5.74) is 1.16. The molecule has 18 heavy (non-hydrogen) atoms. The minimum atomic E-state index is 0.640. The van der Waals surface area contributed by atoms with Gasteiger partial charge in [-0.3, -0.25) is 0 Å². The van der Waals surface area contributed by atoms with Crippen molar-refractivity contribution in [2.45, 2.75) is 32.3 Å². The van der Waals surface area contributed by atoms with Crippen molar-refractivity contribution in [3.8, 4) is 5.75 Å². The quantitative estimate of drug-likeness (QED) is 0.648. The van der Waals surface area contributed by atoms with Crippen molar-refractivity contribution >= 4 is 0 Å². The Balaban J connectivity index is 2.13. The molecular formula is C15H25NO2. The van der Waals surface area contributed by atoms with Crippen LogP contribution in [0.2, 0.25) is 0 Å². The molecule has 3 heteroatoms. The van der Waals surface area contributed by atoms with Crippen molar-refractivity contribution in [1.29, 1.82) is 0 Å². The lowest BCUT2D eigenvalue weighted by molar-refractivity contribution is 0.184. The Bertz CT molecular complexity index is 315. The van der Waals surface area contributed by atoms with Gasteiger partial charge in [-0.1, -0.05) is 25.0 Å². The Kier molecular flexibility index (Phi) is 8.26. The summed E-state index contributed by atoms with van der Waals surface area (Å²) in [6.45, 7) is 2.55. The molecule has 0 radical (unpaired) electrons. The first-order chi connectivity index (χ1) is 8.86. The molecule has 1 aromatic carbocycles. The molecule has 0 heterocycles. The molecule has 1 rings (SSSR count). The minimum Gasteiger partial charge on any atom is -0.494 e. The van der Waals surface area contributed by atoms with Crippen molar-refractivity contribution in [2.24, 2.45) is 0 Å². The molecule has 0 saturated carbocycles. The Morgan fingerprint density at radius 3 is 2.72 bits per heavy atom. The van der Waals surface area contributed by atoms with E-state index in [9.17, 15) is 0 Å². The molecular weight excluding hydrogens is 226 g/mol. The van der Waals surface area contributed by atoms with Crippen LogP contribution in [-0.4, -0.2) is 27.3 Å². The maximum atomic E-state index is 5.73. The zero-order chi connectivity index (χ0) is 13.1. The fraction of sp³-hybridized carbons (Fsp3) is 0.600. The highest BCUT2D eigenvalue weighted by atomic mass is 16.5. The smallest absolute Gasteiger partial charge is 0.119 e. The Labute approximate surface area is 110 Å².